The second kappa shape index (κ2) is 8.56. The fraction of sp³-hybridized carbons (Fsp3) is 0.476. The van der Waals surface area contributed by atoms with Gasteiger partial charge in [0.2, 0.25) is 0 Å². The Morgan fingerprint density at radius 1 is 1.07 bits per heavy atom. The lowest BCUT2D eigenvalue weighted by atomic mass is 10.1. The maximum absolute atomic E-state index is 13.2. The summed E-state index contributed by atoms with van der Waals surface area (Å²) in [6.07, 6.45) is 2.60. The number of aliphatic hydroxyl groups excluding tert-OH is 1. The van der Waals surface area contributed by atoms with E-state index in [0.29, 0.717) is 29.8 Å². The van der Waals surface area contributed by atoms with E-state index < -0.39 is 17.4 Å². The maximum Gasteiger partial charge on any atom is 0.332 e. The molecule has 1 N–H and O–H groups in total. The molecule has 0 spiro atoms. The van der Waals surface area contributed by atoms with Crippen LogP contribution in [-0.2, 0) is 19.6 Å². The first-order valence-electron chi connectivity index (χ1n) is 9.85. The Hall–Kier alpha value is -2.67. The van der Waals surface area contributed by atoms with Gasteiger partial charge in [0.25, 0.3) is 5.56 Å². The number of aliphatic hydroxyl groups is 1. The van der Waals surface area contributed by atoms with Gasteiger partial charge in [0.15, 0.2) is 11.2 Å². The number of aryl methyl sites for hydroxylation is 1. The third kappa shape index (κ3) is 3.94. The smallest absolute Gasteiger partial charge is 0.332 e. The summed E-state index contributed by atoms with van der Waals surface area (Å²) in [5.74, 6) is 0.215. The van der Waals surface area contributed by atoms with E-state index in [1.165, 1.54) is 0 Å². The lowest BCUT2D eigenvalue weighted by molar-refractivity contribution is 0.152. The minimum atomic E-state index is -0.941. The van der Waals surface area contributed by atoms with Crippen LogP contribution in [0, 0.1) is 5.92 Å². The Kier molecular flexibility index (Phi) is 6.14. The number of nitrogens with zero attached hydrogens (tertiary/aromatic N) is 4. The van der Waals surface area contributed by atoms with E-state index in [9.17, 15) is 14.7 Å². The van der Waals surface area contributed by atoms with Gasteiger partial charge in [-0.1, -0.05) is 57.5 Å². The van der Waals surface area contributed by atoms with Crippen molar-refractivity contribution in [3.05, 3.63) is 63.1 Å². The molecule has 0 saturated carbocycles. The topological polar surface area (TPSA) is 82.1 Å². The van der Waals surface area contributed by atoms with Gasteiger partial charge >= 0.3 is 5.69 Å². The summed E-state index contributed by atoms with van der Waals surface area (Å²) in [5.41, 5.74) is 0.688. The molecule has 1 aromatic carbocycles. The van der Waals surface area contributed by atoms with Gasteiger partial charge in [-0.05, 0) is 17.9 Å². The van der Waals surface area contributed by atoms with Crippen LogP contribution >= 0.6 is 0 Å². The fourth-order valence-corrected chi connectivity index (χ4v) is 3.38. The number of hydrogen-bond acceptors (Lipinski definition) is 4. The molecule has 7 heteroatoms. The number of hydrogen-bond donors (Lipinski definition) is 1. The summed E-state index contributed by atoms with van der Waals surface area (Å²) in [7, 11) is 0. The molecule has 0 aliphatic rings. The highest BCUT2D eigenvalue weighted by molar-refractivity contribution is 5.70. The molecule has 0 bridgehead atoms. The summed E-state index contributed by atoms with van der Waals surface area (Å²) in [6, 6.07) is 9.07. The summed E-state index contributed by atoms with van der Waals surface area (Å²) < 4.78 is 4.52. The Labute approximate surface area is 163 Å². The normalized spacial score (nSPS) is 12.8. The van der Waals surface area contributed by atoms with Crippen molar-refractivity contribution in [1.82, 2.24) is 18.7 Å². The molecule has 0 aliphatic heterocycles. The number of benzene rings is 1. The number of imidazole rings is 1. The van der Waals surface area contributed by atoms with Gasteiger partial charge in [0.05, 0.1) is 19.0 Å². The van der Waals surface area contributed by atoms with E-state index >= 15 is 0 Å². The molecular formula is C21H28N4O3. The van der Waals surface area contributed by atoms with Gasteiger partial charge in [-0.2, -0.15) is 0 Å². The number of aromatic nitrogens is 4. The van der Waals surface area contributed by atoms with E-state index in [1.807, 2.05) is 36.6 Å². The van der Waals surface area contributed by atoms with Gasteiger partial charge < -0.3 is 9.67 Å². The van der Waals surface area contributed by atoms with Crippen molar-refractivity contribution >= 4 is 11.2 Å². The van der Waals surface area contributed by atoms with Gasteiger partial charge in [0, 0.05) is 13.1 Å². The standard InChI is InChI=1S/C21H28N4O3/c1-4-5-11-23-14-22-19-18(23)20(27)25(21(28)24(19)12-15(2)3)13-17(26)16-9-7-6-8-10-16/h6-10,14-15,17,26H,4-5,11-13H2,1-3H3/t17-/m0/s1. The molecule has 3 rings (SSSR count). The van der Waals surface area contributed by atoms with Crippen molar-refractivity contribution in [2.24, 2.45) is 5.92 Å². The molecule has 7 nitrogen and oxygen atoms in total. The van der Waals surface area contributed by atoms with E-state index in [-0.39, 0.29) is 12.5 Å². The van der Waals surface area contributed by atoms with Crippen LogP contribution in [0.5, 0.6) is 0 Å². The zero-order valence-electron chi connectivity index (χ0n) is 16.7. The average Bonchev–Trinajstić information content (AvgIpc) is 3.11. The highest BCUT2D eigenvalue weighted by Crippen LogP contribution is 2.15. The Bertz CT molecular complexity index is 1050. The second-order valence-corrected chi connectivity index (χ2v) is 7.59. The van der Waals surface area contributed by atoms with Crippen LogP contribution in [0.3, 0.4) is 0 Å². The van der Waals surface area contributed by atoms with Crippen LogP contribution in [0.15, 0.2) is 46.2 Å². The molecule has 0 aliphatic carbocycles. The Balaban J connectivity index is 2.15. The lowest BCUT2D eigenvalue weighted by Gasteiger charge is -2.16. The number of unbranched alkanes of at least 4 members (excludes halogenated alkanes) is 1. The quantitative estimate of drug-likeness (QED) is 0.647. The molecule has 2 heterocycles. The van der Waals surface area contributed by atoms with Gasteiger partial charge in [-0.15, -0.1) is 0 Å². The first kappa shape index (κ1) is 20.1. The second-order valence-electron chi connectivity index (χ2n) is 7.59. The fourth-order valence-electron chi connectivity index (χ4n) is 3.38. The van der Waals surface area contributed by atoms with Crippen LogP contribution in [0.2, 0.25) is 0 Å². The third-order valence-electron chi connectivity index (χ3n) is 4.82. The van der Waals surface area contributed by atoms with Crippen LogP contribution in [0.4, 0.5) is 0 Å². The summed E-state index contributed by atoms with van der Waals surface area (Å²) >= 11 is 0. The molecule has 0 amide bonds. The number of fused-ring (bicyclic) bond motifs is 1. The summed E-state index contributed by atoms with van der Waals surface area (Å²) in [5, 5.41) is 10.6. The van der Waals surface area contributed by atoms with Crippen molar-refractivity contribution < 1.29 is 5.11 Å². The van der Waals surface area contributed by atoms with Crippen LogP contribution in [-0.4, -0.2) is 23.8 Å². The Morgan fingerprint density at radius 3 is 2.43 bits per heavy atom. The predicted octanol–water partition coefficient (Wildman–Crippen LogP) is 2.55. The SMILES string of the molecule is CCCCn1cnc2c1c(=O)n(C[C@H](O)c1ccccc1)c(=O)n2CC(C)C. The van der Waals surface area contributed by atoms with Crippen LogP contribution < -0.4 is 11.2 Å². The van der Waals surface area contributed by atoms with Crippen molar-refractivity contribution in [3.8, 4) is 0 Å². The largest absolute Gasteiger partial charge is 0.387 e. The van der Waals surface area contributed by atoms with Crippen molar-refractivity contribution in [2.45, 2.75) is 59.4 Å². The Morgan fingerprint density at radius 2 is 1.79 bits per heavy atom. The van der Waals surface area contributed by atoms with Crippen molar-refractivity contribution in [3.63, 3.8) is 0 Å². The first-order valence-corrected chi connectivity index (χ1v) is 9.85. The molecule has 0 saturated heterocycles. The summed E-state index contributed by atoms with van der Waals surface area (Å²) in [4.78, 5) is 30.6. The molecule has 0 radical (unpaired) electrons. The predicted molar refractivity (Wildman–Crippen MR) is 109 cm³/mol. The van der Waals surface area contributed by atoms with E-state index in [4.69, 9.17) is 0 Å². The maximum atomic E-state index is 13.2. The molecule has 150 valence electrons. The minimum Gasteiger partial charge on any atom is -0.387 e. The molecule has 28 heavy (non-hydrogen) atoms. The number of rotatable bonds is 8. The van der Waals surface area contributed by atoms with E-state index in [2.05, 4.69) is 11.9 Å². The zero-order chi connectivity index (χ0) is 20.3. The molecule has 2 aromatic heterocycles. The zero-order valence-corrected chi connectivity index (χ0v) is 16.7. The van der Waals surface area contributed by atoms with Crippen molar-refractivity contribution in [1.29, 1.82) is 0 Å². The molecule has 0 unspecified atom stereocenters. The van der Waals surface area contributed by atoms with E-state index in [1.54, 1.807) is 23.0 Å². The molecule has 1 atom stereocenters. The molecular weight excluding hydrogens is 356 g/mol. The summed E-state index contributed by atoms with van der Waals surface area (Å²) in [6.45, 7) is 7.16. The van der Waals surface area contributed by atoms with E-state index in [0.717, 1.165) is 17.4 Å². The van der Waals surface area contributed by atoms with Crippen molar-refractivity contribution in [2.75, 3.05) is 0 Å². The highest BCUT2D eigenvalue weighted by atomic mass is 16.3. The van der Waals surface area contributed by atoms with Gasteiger partial charge in [-0.25, -0.2) is 9.78 Å². The third-order valence-corrected chi connectivity index (χ3v) is 4.82. The average molecular weight is 384 g/mol. The van der Waals surface area contributed by atoms with Crippen LogP contribution in [0.1, 0.15) is 45.3 Å². The lowest BCUT2D eigenvalue weighted by Crippen LogP contribution is -2.42. The molecule has 3 aromatic rings. The van der Waals surface area contributed by atoms with Gasteiger partial charge in [0.1, 0.15) is 0 Å². The van der Waals surface area contributed by atoms with Gasteiger partial charge in [-0.3, -0.25) is 13.9 Å². The van der Waals surface area contributed by atoms with Crippen LogP contribution in [0.25, 0.3) is 11.2 Å². The minimum absolute atomic E-state index is 0.0886. The molecule has 0 fully saturated rings. The highest BCUT2D eigenvalue weighted by Gasteiger charge is 2.20. The monoisotopic (exact) mass is 384 g/mol. The first-order chi connectivity index (χ1) is 13.4.